The Morgan fingerprint density at radius 3 is 2.11 bits per heavy atom. The number of hydrogen-bond acceptors (Lipinski definition) is 14. The average Bonchev–Trinajstić information content (AvgIpc) is 3.01. The molecule has 1 aromatic rings. The fourth-order valence-electron chi connectivity index (χ4n) is 12.4. The Bertz CT molecular complexity index is 2470. The number of methoxy groups -OCH3 is 2. The average molecular weight is 1190 g/mol. The first-order chi connectivity index (χ1) is 40.3. The summed E-state index contributed by atoms with van der Waals surface area (Å²) in [5.74, 6) is -6.86. The van der Waals surface area contributed by atoms with Gasteiger partial charge in [-0.3, -0.25) is 28.8 Å². The minimum absolute atomic E-state index is 0.0278. The van der Waals surface area contributed by atoms with Crippen molar-refractivity contribution in [2.24, 2.45) is 59.2 Å². The van der Waals surface area contributed by atoms with Crippen molar-refractivity contribution in [2.75, 3.05) is 41.5 Å². The summed E-state index contributed by atoms with van der Waals surface area (Å²) >= 11 is 0. The SMILES string of the molecule is C=C/C(=C\C=C\COC(=O)N(C)[C@H](C(=O)C(=C)C(C(=O)C(C)C(C(C)CC)C(CC(=O)C1CCCC1C(OC)C(C)C(=O)N[C@H](C)[C@@H](O)c1ccccc1)OC)C(C)C)C(C)C)OC(=O)CC(CN(C)C(=O)OC1/C=C/CCCCC1)C(=O)CC. The zero-order valence-electron chi connectivity index (χ0n) is 53.6. The number of hydrogen-bond donors (Lipinski definition) is 2. The van der Waals surface area contributed by atoms with E-state index in [1.807, 2.05) is 65.0 Å². The van der Waals surface area contributed by atoms with Crippen LogP contribution in [0.2, 0.25) is 0 Å². The van der Waals surface area contributed by atoms with Gasteiger partial charge in [0.05, 0.1) is 36.7 Å². The number of benzene rings is 1. The van der Waals surface area contributed by atoms with Crippen LogP contribution in [0.1, 0.15) is 158 Å². The van der Waals surface area contributed by atoms with Crippen molar-refractivity contribution in [3.63, 3.8) is 0 Å². The van der Waals surface area contributed by atoms with Gasteiger partial charge in [-0.05, 0) is 105 Å². The molecule has 85 heavy (non-hydrogen) atoms. The number of Topliss-reactive ketones (excluding diaryl/α,β-unsaturated/α-hetero) is 4. The maximum Gasteiger partial charge on any atom is 0.410 e. The van der Waals surface area contributed by atoms with E-state index < -0.39 is 95.8 Å². The van der Waals surface area contributed by atoms with Gasteiger partial charge >= 0.3 is 18.2 Å². The predicted octanol–water partition coefficient (Wildman–Crippen LogP) is 11.7. The molecule has 1 fully saturated rings. The molecule has 1 aromatic carbocycles. The van der Waals surface area contributed by atoms with Gasteiger partial charge in [-0.2, -0.15) is 0 Å². The molecular formula is C68H103N3O14. The van der Waals surface area contributed by atoms with Crippen LogP contribution in [-0.2, 0) is 52.5 Å². The van der Waals surface area contributed by atoms with Gasteiger partial charge in [0, 0.05) is 76.9 Å². The van der Waals surface area contributed by atoms with Crippen LogP contribution in [0, 0.1) is 59.2 Å². The van der Waals surface area contributed by atoms with Crippen LogP contribution in [0.25, 0.3) is 0 Å². The third-order valence-corrected chi connectivity index (χ3v) is 17.4. The summed E-state index contributed by atoms with van der Waals surface area (Å²) in [6, 6.07) is 7.50. The number of aliphatic hydroxyl groups is 1. The zero-order valence-corrected chi connectivity index (χ0v) is 53.6. The summed E-state index contributed by atoms with van der Waals surface area (Å²) < 4.78 is 28.9. The Labute approximate surface area is 507 Å². The van der Waals surface area contributed by atoms with Crippen molar-refractivity contribution < 1.29 is 67.1 Å². The molecule has 14 atom stereocenters. The highest BCUT2D eigenvalue weighted by molar-refractivity contribution is 6.06. The lowest BCUT2D eigenvalue weighted by molar-refractivity contribution is -0.142. The number of esters is 1. The normalized spacial score (nSPS) is 20.8. The quantitative estimate of drug-likeness (QED) is 0.0161. The molecule has 17 nitrogen and oxygen atoms in total. The number of ketones is 4. The van der Waals surface area contributed by atoms with Crippen LogP contribution >= 0.6 is 0 Å². The number of allylic oxidation sites excluding steroid dienone is 4. The largest absolute Gasteiger partial charge is 0.445 e. The van der Waals surface area contributed by atoms with Crippen molar-refractivity contribution in [3.05, 3.63) is 96.8 Å². The highest BCUT2D eigenvalue weighted by Gasteiger charge is 2.46. The second kappa shape index (κ2) is 36.8. The molecule has 474 valence electrons. The van der Waals surface area contributed by atoms with Gasteiger partial charge in [0.2, 0.25) is 5.91 Å². The molecule has 17 heteroatoms. The van der Waals surface area contributed by atoms with E-state index in [0.29, 0.717) is 31.2 Å². The van der Waals surface area contributed by atoms with Crippen molar-refractivity contribution >= 4 is 47.2 Å². The molecule has 0 radical (unpaired) electrons. The van der Waals surface area contributed by atoms with E-state index in [9.17, 15) is 38.7 Å². The Balaban J connectivity index is 1.68. The van der Waals surface area contributed by atoms with Gasteiger partial charge < -0.3 is 43.9 Å². The maximum atomic E-state index is 15.0. The number of likely N-dealkylation sites (N-methyl/N-ethyl adjacent to an activating group) is 1. The van der Waals surface area contributed by atoms with Crippen molar-refractivity contribution in [1.82, 2.24) is 15.1 Å². The summed E-state index contributed by atoms with van der Waals surface area (Å²) in [6.07, 6.45) is 13.2. The first kappa shape index (κ1) is 73.2. The molecule has 0 aromatic heterocycles. The van der Waals surface area contributed by atoms with Crippen LogP contribution in [0.4, 0.5) is 9.59 Å². The Morgan fingerprint density at radius 1 is 0.824 bits per heavy atom. The first-order valence-electron chi connectivity index (χ1n) is 30.9. The van der Waals surface area contributed by atoms with E-state index in [2.05, 4.69) is 18.5 Å². The monoisotopic (exact) mass is 1190 g/mol. The fraction of sp³-hybridized carbons (Fsp3) is 0.647. The van der Waals surface area contributed by atoms with Crippen LogP contribution in [0.5, 0.6) is 0 Å². The van der Waals surface area contributed by atoms with Crippen molar-refractivity contribution in [2.45, 2.75) is 183 Å². The van der Waals surface area contributed by atoms with Crippen LogP contribution in [0.15, 0.2) is 91.3 Å². The Hall–Kier alpha value is -6.04. The van der Waals surface area contributed by atoms with Gasteiger partial charge in [-0.25, -0.2) is 9.59 Å². The molecule has 0 heterocycles. The molecule has 3 amide bonds. The summed E-state index contributed by atoms with van der Waals surface area (Å²) in [5.41, 5.74) is 0.750. The number of aliphatic hydroxyl groups excluding tert-OH is 1. The standard InChI is InChI=1S/C68H103N3O14/c1-17-44(8)60(57(81-15)40-56(73)53-36-30-37-54(53)65(82-16)47(11)66(78)69-48(12)64(77)49-31-24-23-25-32-49)46(10)62(75)59(42(4)5)45(9)63(76)61(43(6)7)71(14)68(80)83-38-29-28-33-51(18-2)84-58(74)39-50(55(72)19-3)41-70(13)67(79)85-52-34-26-21-20-22-27-35-52/h18,23-26,28-29,31-34,42-44,46-48,50,52-54,57,59-61,64-65,77H,2,9,17,19-22,27,30,35-41H2,1,3-8,10-16H3,(H,69,78)/b29-28+,34-26+,51-33+/t44?,46?,47?,48-,50?,52?,53?,54?,57?,59?,60?,61+,64-,65?/m1/s1. The first-order valence-corrected chi connectivity index (χ1v) is 30.9. The number of nitrogens with zero attached hydrogens (tertiary/aromatic N) is 2. The van der Waals surface area contributed by atoms with Crippen molar-refractivity contribution in [3.8, 4) is 0 Å². The second-order valence-corrected chi connectivity index (χ2v) is 24.2. The molecule has 3 rings (SSSR count). The van der Waals surface area contributed by atoms with Crippen LogP contribution in [0.3, 0.4) is 0 Å². The molecule has 2 N–H and O–H groups in total. The van der Waals surface area contributed by atoms with Crippen molar-refractivity contribution in [1.29, 1.82) is 0 Å². The Kier molecular flexibility index (Phi) is 31.7. The number of rotatable bonds is 35. The molecule has 1 saturated carbocycles. The minimum Gasteiger partial charge on any atom is -0.445 e. The highest BCUT2D eigenvalue weighted by atomic mass is 16.6. The smallest absolute Gasteiger partial charge is 0.410 e. The molecule has 0 aliphatic heterocycles. The topological polar surface area (TPSA) is 221 Å². The molecule has 2 aliphatic carbocycles. The molecule has 2 aliphatic rings. The van der Waals surface area contributed by atoms with Gasteiger partial charge in [-0.15, -0.1) is 0 Å². The third-order valence-electron chi connectivity index (χ3n) is 17.4. The molecule has 0 spiro atoms. The molecule has 0 bridgehead atoms. The maximum absolute atomic E-state index is 15.0. The van der Waals surface area contributed by atoms with E-state index in [-0.39, 0.29) is 90.9 Å². The summed E-state index contributed by atoms with van der Waals surface area (Å²) in [5, 5.41) is 13.9. The number of amides is 3. The lowest BCUT2D eigenvalue weighted by Crippen LogP contribution is -2.48. The number of ether oxygens (including phenoxy) is 5. The lowest BCUT2D eigenvalue weighted by Gasteiger charge is -2.38. The molecule has 0 saturated heterocycles. The van der Waals surface area contributed by atoms with E-state index in [0.717, 1.165) is 32.1 Å². The second-order valence-electron chi connectivity index (χ2n) is 24.2. The van der Waals surface area contributed by atoms with E-state index in [4.69, 9.17) is 23.7 Å². The Morgan fingerprint density at radius 2 is 1.51 bits per heavy atom. The number of carbonyl (C=O) groups is 8. The van der Waals surface area contributed by atoms with Crippen LogP contribution < -0.4 is 5.32 Å². The van der Waals surface area contributed by atoms with Crippen LogP contribution in [-0.4, -0.2) is 134 Å². The van der Waals surface area contributed by atoms with Gasteiger partial charge in [0.15, 0.2) is 5.78 Å². The van der Waals surface area contributed by atoms with Gasteiger partial charge in [0.25, 0.3) is 0 Å². The van der Waals surface area contributed by atoms with E-state index in [1.165, 1.54) is 48.2 Å². The fourth-order valence-corrected chi connectivity index (χ4v) is 12.4. The van der Waals surface area contributed by atoms with E-state index in [1.54, 1.807) is 61.0 Å². The summed E-state index contributed by atoms with van der Waals surface area (Å²) in [6.45, 7) is 26.1. The number of nitrogens with one attached hydrogen (secondary N) is 1. The summed E-state index contributed by atoms with van der Waals surface area (Å²) in [7, 11) is 6.09. The number of carbonyl (C=O) groups excluding carboxylic acids is 8. The molecule has 11 unspecified atom stereocenters. The summed E-state index contributed by atoms with van der Waals surface area (Å²) in [4.78, 5) is 113. The van der Waals surface area contributed by atoms with E-state index >= 15 is 4.79 Å². The predicted molar refractivity (Wildman–Crippen MR) is 330 cm³/mol. The zero-order chi connectivity index (χ0) is 63.7. The third kappa shape index (κ3) is 21.7. The highest BCUT2D eigenvalue weighted by Crippen LogP contribution is 2.42. The van der Waals surface area contributed by atoms with Gasteiger partial charge in [-0.1, -0.05) is 137 Å². The van der Waals surface area contributed by atoms with Gasteiger partial charge in [0.1, 0.15) is 41.9 Å². The minimum atomic E-state index is -1.04. The molecular weight excluding hydrogens is 1080 g/mol. The lowest BCUT2D eigenvalue weighted by atomic mass is 9.69.